The zero-order chi connectivity index (χ0) is 18.6. The largest absolute Gasteiger partial charge is 0.497 e. The molecule has 1 aromatic rings. The maximum Gasteiger partial charge on any atom is 0.241 e. The molecule has 1 fully saturated rings. The SMILES string of the molecule is COc1cc(C)c(S(=O)(=O)NCC(C(C)C)N2CCCCC2)c(C)c1. The van der Waals surface area contributed by atoms with Gasteiger partial charge >= 0.3 is 0 Å². The summed E-state index contributed by atoms with van der Waals surface area (Å²) < 4.78 is 33.9. The summed E-state index contributed by atoms with van der Waals surface area (Å²) >= 11 is 0. The quantitative estimate of drug-likeness (QED) is 0.803. The molecule has 142 valence electrons. The van der Waals surface area contributed by atoms with Crippen molar-refractivity contribution >= 4 is 10.0 Å². The molecule has 0 bridgehead atoms. The average molecular weight is 369 g/mol. The lowest BCUT2D eigenvalue weighted by molar-refractivity contribution is 0.130. The van der Waals surface area contributed by atoms with Gasteiger partial charge in [0, 0.05) is 12.6 Å². The van der Waals surface area contributed by atoms with Crippen LogP contribution in [0.3, 0.4) is 0 Å². The molecule has 1 saturated heterocycles. The lowest BCUT2D eigenvalue weighted by Crippen LogP contribution is -2.48. The number of rotatable bonds is 7. The maximum absolute atomic E-state index is 12.9. The first kappa shape index (κ1) is 20.2. The highest BCUT2D eigenvalue weighted by Gasteiger charge is 2.27. The minimum atomic E-state index is -3.55. The van der Waals surface area contributed by atoms with Crippen LogP contribution in [0.1, 0.15) is 44.2 Å². The molecule has 1 heterocycles. The topological polar surface area (TPSA) is 58.6 Å². The molecule has 0 aromatic heterocycles. The molecule has 0 spiro atoms. The number of aryl methyl sites for hydroxylation is 2. The third-order valence-corrected chi connectivity index (χ3v) is 6.78. The number of hydrogen-bond donors (Lipinski definition) is 1. The zero-order valence-electron chi connectivity index (χ0n) is 16.1. The van der Waals surface area contributed by atoms with E-state index in [0.29, 0.717) is 34.2 Å². The molecule has 1 N–H and O–H groups in total. The van der Waals surface area contributed by atoms with Gasteiger partial charge in [0.15, 0.2) is 0 Å². The van der Waals surface area contributed by atoms with Crippen molar-refractivity contribution in [3.8, 4) is 5.75 Å². The van der Waals surface area contributed by atoms with Crippen LogP contribution < -0.4 is 9.46 Å². The number of ether oxygens (including phenoxy) is 1. The van der Waals surface area contributed by atoms with E-state index in [0.717, 1.165) is 13.1 Å². The first-order chi connectivity index (χ1) is 11.8. The van der Waals surface area contributed by atoms with Crippen LogP contribution in [0, 0.1) is 19.8 Å². The second-order valence-electron chi connectivity index (χ2n) is 7.35. The van der Waals surface area contributed by atoms with Gasteiger partial charge in [-0.3, -0.25) is 4.90 Å². The first-order valence-corrected chi connectivity index (χ1v) is 10.6. The summed E-state index contributed by atoms with van der Waals surface area (Å²) in [5.74, 6) is 1.08. The van der Waals surface area contributed by atoms with Gasteiger partial charge in [0.05, 0.1) is 12.0 Å². The van der Waals surface area contributed by atoms with Crippen molar-refractivity contribution in [1.29, 1.82) is 0 Å². The fourth-order valence-corrected chi connectivity index (χ4v) is 5.26. The molecule has 6 heteroatoms. The number of hydrogen-bond acceptors (Lipinski definition) is 4. The summed E-state index contributed by atoms with van der Waals surface area (Å²) in [6.07, 6.45) is 3.68. The molecule has 0 aliphatic carbocycles. The Morgan fingerprint density at radius 2 is 1.68 bits per heavy atom. The predicted molar refractivity (Wildman–Crippen MR) is 102 cm³/mol. The molecule has 0 amide bonds. The number of nitrogens with zero attached hydrogens (tertiary/aromatic N) is 1. The van der Waals surface area contributed by atoms with Gasteiger partial charge in [-0.2, -0.15) is 0 Å². The molecule has 1 aromatic carbocycles. The van der Waals surface area contributed by atoms with E-state index in [2.05, 4.69) is 23.5 Å². The van der Waals surface area contributed by atoms with Gasteiger partial charge in [-0.25, -0.2) is 13.1 Å². The molecule has 2 rings (SSSR count). The van der Waals surface area contributed by atoms with Crippen molar-refractivity contribution in [2.75, 3.05) is 26.7 Å². The minimum Gasteiger partial charge on any atom is -0.497 e. The van der Waals surface area contributed by atoms with Crippen molar-refractivity contribution in [2.45, 2.75) is 57.9 Å². The Hall–Kier alpha value is -1.11. The highest BCUT2D eigenvalue weighted by Crippen LogP contribution is 2.26. The van der Waals surface area contributed by atoms with Gasteiger partial charge in [0.2, 0.25) is 10.0 Å². The van der Waals surface area contributed by atoms with E-state index < -0.39 is 10.0 Å². The summed E-state index contributed by atoms with van der Waals surface area (Å²) in [4.78, 5) is 2.80. The van der Waals surface area contributed by atoms with E-state index in [-0.39, 0.29) is 6.04 Å². The van der Waals surface area contributed by atoms with Crippen molar-refractivity contribution in [3.63, 3.8) is 0 Å². The van der Waals surface area contributed by atoms with E-state index in [1.54, 1.807) is 19.2 Å². The van der Waals surface area contributed by atoms with Crippen molar-refractivity contribution in [3.05, 3.63) is 23.3 Å². The summed E-state index contributed by atoms with van der Waals surface area (Å²) in [5, 5.41) is 0. The highest BCUT2D eigenvalue weighted by molar-refractivity contribution is 7.89. The minimum absolute atomic E-state index is 0.230. The fourth-order valence-electron chi connectivity index (χ4n) is 3.76. The Balaban J connectivity index is 2.17. The molecule has 5 nitrogen and oxygen atoms in total. The second-order valence-corrected chi connectivity index (χ2v) is 9.05. The van der Waals surface area contributed by atoms with Crippen LogP contribution in [-0.2, 0) is 10.0 Å². The molecular formula is C19H32N2O3S. The van der Waals surface area contributed by atoms with Gasteiger partial charge in [0.1, 0.15) is 5.75 Å². The Morgan fingerprint density at radius 3 is 2.16 bits per heavy atom. The molecule has 1 atom stereocenters. The number of piperidine rings is 1. The summed E-state index contributed by atoms with van der Waals surface area (Å²) in [5.41, 5.74) is 1.42. The Morgan fingerprint density at radius 1 is 1.12 bits per heavy atom. The average Bonchev–Trinajstić information content (AvgIpc) is 2.54. The number of sulfonamides is 1. The van der Waals surface area contributed by atoms with Gasteiger partial charge < -0.3 is 4.74 Å². The van der Waals surface area contributed by atoms with Crippen LogP contribution in [-0.4, -0.2) is 46.1 Å². The molecule has 1 aliphatic heterocycles. The summed E-state index contributed by atoms with van der Waals surface area (Å²) in [6, 6.07) is 3.77. The zero-order valence-corrected chi connectivity index (χ0v) is 16.9. The Kier molecular flexibility index (Phi) is 6.88. The third kappa shape index (κ3) is 4.96. The highest BCUT2D eigenvalue weighted by atomic mass is 32.2. The predicted octanol–water partition coefficient (Wildman–Crippen LogP) is 3.10. The smallest absolute Gasteiger partial charge is 0.241 e. The third-order valence-electron chi connectivity index (χ3n) is 5.05. The molecular weight excluding hydrogens is 336 g/mol. The van der Waals surface area contributed by atoms with Gasteiger partial charge in [-0.05, 0) is 69.0 Å². The maximum atomic E-state index is 12.9. The van der Waals surface area contributed by atoms with Crippen molar-refractivity contribution in [1.82, 2.24) is 9.62 Å². The van der Waals surface area contributed by atoms with Crippen LogP contribution in [0.5, 0.6) is 5.75 Å². The Labute approximate surface area is 152 Å². The monoisotopic (exact) mass is 368 g/mol. The van der Waals surface area contributed by atoms with E-state index >= 15 is 0 Å². The van der Waals surface area contributed by atoms with Crippen molar-refractivity contribution in [2.24, 2.45) is 5.92 Å². The number of benzene rings is 1. The van der Waals surface area contributed by atoms with E-state index in [1.807, 2.05) is 13.8 Å². The Bertz CT molecular complexity index is 657. The normalized spacial score (nSPS) is 17.7. The van der Waals surface area contributed by atoms with Crippen LogP contribution in [0.4, 0.5) is 0 Å². The summed E-state index contributed by atoms with van der Waals surface area (Å²) in [7, 11) is -1.96. The van der Waals surface area contributed by atoms with Crippen LogP contribution in [0.15, 0.2) is 17.0 Å². The lowest BCUT2D eigenvalue weighted by atomic mass is 9.99. The first-order valence-electron chi connectivity index (χ1n) is 9.15. The van der Waals surface area contributed by atoms with E-state index in [1.165, 1.54) is 19.3 Å². The molecule has 0 radical (unpaired) electrons. The van der Waals surface area contributed by atoms with E-state index in [4.69, 9.17) is 4.74 Å². The van der Waals surface area contributed by atoms with Crippen LogP contribution >= 0.6 is 0 Å². The van der Waals surface area contributed by atoms with Crippen molar-refractivity contribution < 1.29 is 13.2 Å². The number of nitrogens with one attached hydrogen (secondary N) is 1. The molecule has 1 unspecified atom stereocenters. The van der Waals surface area contributed by atoms with Gasteiger partial charge in [-0.15, -0.1) is 0 Å². The summed E-state index contributed by atoms with van der Waals surface area (Å²) in [6.45, 7) is 10.5. The van der Waals surface area contributed by atoms with Crippen LogP contribution in [0.25, 0.3) is 0 Å². The van der Waals surface area contributed by atoms with Gasteiger partial charge in [0.25, 0.3) is 0 Å². The lowest BCUT2D eigenvalue weighted by Gasteiger charge is -2.37. The molecule has 0 saturated carbocycles. The van der Waals surface area contributed by atoms with Crippen LogP contribution in [0.2, 0.25) is 0 Å². The molecule has 1 aliphatic rings. The second kappa shape index (κ2) is 8.52. The number of methoxy groups -OCH3 is 1. The van der Waals surface area contributed by atoms with Gasteiger partial charge in [-0.1, -0.05) is 20.3 Å². The van der Waals surface area contributed by atoms with E-state index in [9.17, 15) is 8.42 Å². The fraction of sp³-hybridized carbons (Fsp3) is 0.684. The standard InChI is InChI=1S/C19H32N2O3S/c1-14(2)18(21-9-7-6-8-10-21)13-20-25(22,23)19-15(3)11-17(24-5)12-16(19)4/h11-12,14,18,20H,6-10,13H2,1-5H3. The number of likely N-dealkylation sites (tertiary alicyclic amines) is 1. The molecule has 25 heavy (non-hydrogen) atoms.